The number of hydrogen-bond acceptors (Lipinski definition) is 6. The molecule has 1 aromatic carbocycles. The highest BCUT2D eigenvalue weighted by atomic mass is 16.6. The van der Waals surface area contributed by atoms with Gasteiger partial charge in [0.1, 0.15) is 17.0 Å². The summed E-state index contributed by atoms with van der Waals surface area (Å²) in [5, 5.41) is 0.752. The quantitative estimate of drug-likeness (QED) is 0.629. The number of methoxy groups -OCH3 is 2. The molecular formula is C21H22N2O5. The van der Waals surface area contributed by atoms with Gasteiger partial charge in [-0.05, 0) is 57.2 Å². The smallest absolute Gasteiger partial charge is 0.419 e. The second kappa shape index (κ2) is 7.34. The molecule has 146 valence electrons. The first-order valence-corrected chi connectivity index (χ1v) is 8.71. The van der Waals surface area contributed by atoms with Crippen molar-refractivity contribution in [3.05, 3.63) is 48.2 Å². The normalized spacial score (nSPS) is 11.3. The van der Waals surface area contributed by atoms with Crippen molar-refractivity contribution in [3.63, 3.8) is 0 Å². The Hall–Kier alpha value is -3.35. The SMILES string of the molecule is COC(=O)c1cccnc1-c1cc2cc(OC)ccc2n1C(=O)OC(C)(C)C. The van der Waals surface area contributed by atoms with Crippen molar-refractivity contribution >= 4 is 23.0 Å². The Morgan fingerprint density at radius 3 is 2.46 bits per heavy atom. The van der Waals surface area contributed by atoms with E-state index in [-0.39, 0.29) is 5.56 Å². The van der Waals surface area contributed by atoms with Crippen molar-refractivity contribution < 1.29 is 23.8 Å². The Kier molecular flexibility index (Phi) is 5.09. The fourth-order valence-electron chi connectivity index (χ4n) is 2.88. The summed E-state index contributed by atoms with van der Waals surface area (Å²) in [5.41, 5.74) is 0.942. The van der Waals surface area contributed by atoms with Crippen molar-refractivity contribution in [1.82, 2.24) is 9.55 Å². The molecule has 0 amide bonds. The third-order valence-corrected chi connectivity index (χ3v) is 4.04. The number of esters is 1. The topological polar surface area (TPSA) is 79.7 Å². The number of benzene rings is 1. The zero-order valence-corrected chi connectivity index (χ0v) is 16.5. The van der Waals surface area contributed by atoms with Crippen LogP contribution in [-0.4, -0.2) is 41.4 Å². The van der Waals surface area contributed by atoms with Crippen LogP contribution in [0.5, 0.6) is 5.75 Å². The van der Waals surface area contributed by atoms with Crippen LogP contribution in [0.15, 0.2) is 42.6 Å². The van der Waals surface area contributed by atoms with E-state index in [1.807, 2.05) is 0 Å². The standard InChI is InChI=1S/C21H22N2O5/c1-21(2,3)28-20(25)23-16-9-8-14(26-4)11-13(16)12-17(23)18-15(19(24)27-5)7-6-10-22-18/h6-12H,1-5H3. The second-order valence-electron chi connectivity index (χ2n) is 7.16. The van der Waals surface area contributed by atoms with E-state index in [9.17, 15) is 9.59 Å². The van der Waals surface area contributed by atoms with Crippen LogP contribution in [0.3, 0.4) is 0 Å². The van der Waals surface area contributed by atoms with Gasteiger partial charge in [-0.15, -0.1) is 0 Å². The first-order chi connectivity index (χ1) is 13.2. The highest BCUT2D eigenvalue weighted by Gasteiger charge is 2.26. The van der Waals surface area contributed by atoms with E-state index in [4.69, 9.17) is 14.2 Å². The van der Waals surface area contributed by atoms with Gasteiger partial charge in [-0.1, -0.05) is 0 Å². The van der Waals surface area contributed by atoms with E-state index in [0.717, 1.165) is 5.39 Å². The highest BCUT2D eigenvalue weighted by Crippen LogP contribution is 2.32. The number of nitrogens with zero attached hydrogens (tertiary/aromatic N) is 2. The number of fused-ring (bicyclic) bond motifs is 1. The molecule has 3 rings (SSSR count). The Labute approximate surface area is 162 Å². The van der Waals surface area contributed by atoms with Crippen molar-refractivity contribution in [3.8, 4) is 17.1 Å². The number of carbonyl (C=O) groups is 2. The van der Waals surface area contributed by atoms with Gasteiger partial charge < -0.3 is 14.2 Å². The number of carbonyl (C=O) groups excluding carboxylic acids is 2. The molecule has 3 aromatic rings. The van der Waals surface area contributed by atoms with E-state index < -0.39 is 17.7 Å². The van der Waals surface area contributed by atoms with Gasteiger partial charge in [-0.3, -0.25) is 4.98 Å². The predicted molar refractivity (Wildman–Crippen MR) is 105 cm³/mol. The number of rotatable bonds is 3. The molecule has 0 aliphatic carbocycles. The van der Waals surface area contributed by atoms with Gasteiger partial charge in [0.2, 0.25) is 0 Å². The molecule has 0 spiro atoms. The van der Waals surface area contributed by atoms with Crippen LogP contribution < -0.4 is 4.74 Å². The lowest BCUT2D eigenvalue weighted by Gasteiger charge is -2.21. The summed E-state index contributed by atoms with van der Waals surface area (Å²) >= 11 is 0. The third kappa shape index (κ3) is 3.69. The lowest BCUT2D eigenvalue weighted by molar-refractivity contribution is 0.0543. The molecule has 0 saturated carbocycles. The van der Waals surface area contributed by atoms with E-state index in [0.29, 0.717) is 22.7 Å². The van der Waals surface area contributed by atoms with Crippen molar-refractivity contribution in [2.75, 3.05) is 14.2 Å². The van der Waals surface area contributed by atoms with Gasteiger partial charge in [0.05, 0.1) is 31.0 Å². The fraction of sp³-hybridized carbons (Fsp3) is 0.286. The minimum absolute atomic E-state index is 0.254. The molecular weight excluding hydrogens is 360 g/mol. The lowest BCUT2D eigenvalue weighted by atomic mass is 10.1. The summed E-state index contributed by atoms with van der Waals surface area (Å²) in [6.07, 6.45) is 0.989. The predicted octanol–water partition coefficient (Wildman–Crippen LogP) is 4.28. The Bertz CT molecular complexity index is 1050. The summed E-state index contributed by atoms with van der Waals surface area (Å²) in [7, 11) is 2.87. The number of hydrogen-bond donors (Lipinski definition) is 0. The van der Waals surface area contributed by atoms with Crippen LogP contribution >= 0.6 is 0 Å². The second-order valence-corrected chi connectivity index (χ2v) is 7.16. The first kappa shape index (κ1) is 19.4. The van der Waals surface area contributed by atoms with Gasteiger partial charge in [0.25, 0.3) is 0 Å². The Morgan fingerprint density at radius 2 is 1.82 bits per heavy atom. The number of ether oxygens (including phenoxy) is 3. The van der Waals surface area contributed by atoms with Crippen molar-refractivity contribution in [2.24, 2.45) is 0 Å². The third-order valence-electron chi connectivity index (χ3n) is 4.04. The van der Waals surface area contributed by atoms with Crippen LogP contribution in [0.25, 0.3) is 22.3 Å². The van der Waals surface area contributed by atoms with Crippen LogP contribution in [0.2, 0.25) is 0 Å². The zero-order chi connectivity index (χ0) is 20.5. The minimum Gasteiger partial charge on any atom is -0.497 e. The largest absolute Gasteiger partial charge is 0.497 e. The molecule has 2 aromatic heterocycles. The number of aromatic nitrogens is 2. The molecule has 0 fully saturated rings. The Balaban J connectivity index is 2.29. The molecule has 0 N–H and O–H groups in total. The van der Waals surface area contributed by atoms with Gasteiger partial charge in [0, 0.05) is 11.6 Å². The average molecular weight is 382 g/mol. The van der Waals surface area contributed by atoms with Crippen LogP contribution in [-0.2, 0) is 9.47 Å². The van der Waals surface area contributed by atoms with Gasteiger partial charge >= 0.3 is 12.1 Å². The van der Waals surface area contributed by atoms with Crippen LogP contribution in [0.1, 0.15) is 31.1 Å². The Morgan fingerprint density at radius 1 is 1.07 bits per heavy atom. The van der Waals surface area contributed by atoms with Gasteiger partial charge in [-0.25, -0.2) is 14.2 Å². The van der Waals surface area contributed by atoms with Gasteiger partial charge in [-0.2, -0.15) is 0 Å². The van der Waals surface area contributed by atoms with E-state index in [1.165, 1.54) is 11.7 Å². The molecule has 2 heterocycles. The molecule has 28 heavy (non-hydrogen) atoms. The molecule has 0 unspecified atom stereocenters. The molecule has 7 heteroatoms. The van der Waals surface area contributed by atoms with Crippen LogP contribution in [0, 0.1) is 0 Å². The molecule has 0 aliphatic rings. The summed E-state index contributed by atoms with van der Waals surface area (Å²) in [4.78, 5) is 29.6. The van der Waals surface area contributed by atoms with E-state index >= 15 is 0 Å². The summed E-state index contributed by atoms with van der Waals surface area (Å²) in [6, 6.07) is 10.3. The molecule has 0 aliphatic heterocycles. The number of pyridine rings is 1. The monoisotopic (exact) mass is 382 g/mol. The molecule has 0 atom stereocenters. The molecule has 0 radical (unpaired) electrons. The maximum atomic E-state index is 13.0. The molecule has 0 saturated heterocycles. The summed E-state index contributed by atoms with van der Waals surface area (Å²) in [6.45, 7) is 5.37. The highest BCUT2D eigenvalue weighted by molar-refractivity contribution is 6.01. The minimum atomic E-state index is -0.688. The summed E-state index contributed by atoms with van der Waals surface area (Å²) < 4.78 is 17.1. The first-order valence-electron chi connectivity index (χ1n) is 8.71. The van der Waals surface area contributed by atoms with Gasteiger partial charge in [0.15, 0.2) is 0 Å². The fourth-order valence-corrected chi connectivity index (χ4v) is 2.88. The van der Waals surface area contributed by atoms with E-state index in [1.54, 1.807) is 70.5 Å². The van der Waals surface area contributed by atoms with Crippen molar-refractivity contribution in [1.29, 1.82) is 0 Å². The van der Waals surface area contributed by atoms with Crippen LogP contribution in [0.4, 0.5) is 4.79 Å². The average Bonchev–Trinajstić information content (AvgIpc) is 3.04. The summed E-state index contributed by atoms with van der Waals surface area (Å²) in [5.74, 6) is 0.108. The van der Waals surface area contributed by atoms with E-state index in [2.05, 4.69) is 4.98 Å². The lowest BCUT2D eigenvalue weighted by Crippen LogP contribution is -2.27. The van der Waals surface area contributed by atoms with Crippen molar-refractivity contribution in [2.45, 2.75) is 26.4 Å². The molecule has 0 bridgehead atoms. The molecule has 7 nitrogen and oxygen atoms in total. The maximum Gasteiger partial charge on any atom is 0.419 e. The zero-order valence-electron chi connectivity index (χ0n) is 16.5. The maximum absolute atomic E-state index is 13.0.